The predicted octanol–water partition coefficient (Wildman–Crippen LogP) is 4.14. The summed E-state index contributed by atoms with van der Waals surface area (Å²) in [6.45, 7) is 0.613. The second kappa shape index (κ2) is 15.9. The van der Waals surface area contributed by atoms with Crippen molar-refractivity contribution in [3.63, 3.8) is 0 Å². The third-order valence-electron chi connectivity index (χ3n) is 10.0. The third-order valence-corrected chi connectivity index (χ3v) is 10.3. The lowest BCUT2D eigenvalue weighted by atomic mass is 9.77. The van der Waals surface area contributed by atoms with Gasteiger partial charge in [0.25, 0.3) is 5.91 Å². The smallest absolute Gasteiger partial charge is 0.313 e. The Bertz CT molecular complexity index is 1620. The van der Waals surface area contributed by atoms with Crippen molar-refractivity contribution in [3.8, 4) is 0 Å². The van der Waals surface area contributed by atoms with Crippen LogP contribution in [0.5, 0.6) is 0 Å². The number of likely N-dealkylation sites (tertiary alicyclic amines) is 1. The fourth-order valence-corrected chi connectivity index (χ4v) is 8.00. The molecule has 7 atom stereocenters. The fourth-order valence-electron chi connectivity index (χ4n) is 7.76. The number of hydrogen-bond acceptors (Lipinski definition) is 8. The van der Waals surface area contributed by atoms with E-state index in [0.717, 1.165) is 12.8 Å². The molecule has 4 heterocycles. The number of halogens is 1. The summed E-state index contributed by atoms with van der Waals surface area (Å²) in [7, 11) is 1.51. The largest absolute Gasteiger partial charge is 0.455 e. The first-order chi connectivity index (χ1) is 24.3. The number of aliphatic hydroxyl groups is 1. The van der Waals surface area contributed by atoms with Gasteiger partial charge in [0.15, 0.2) is 0 Å². The number of unbranched alkanes of at least 4 members (excludes halogenated alkanes) is 3. The van der Waals surface area contributed by atoms with Gasteiger partial charge in [0.2, 0.25) is 11.8 Å². The first-order valence-corrected chi connectivity index (χ1v) is 17.7. The van der Waals surface area contributed by atoms with E-state index in [2.05, 4.69) is 5.32 Å². The topological polar surface area (TPSA) is 135 Å². The minimum absolute atomic E-state index is 0.0760. The molecule has 0 radical (unpaired) electrons. The van der Waals surface area contributed by atoms with Gasteiger partial charge in [-0.05, 0) is 37.0 Å². The highest BCUT2D eigenvalue weighted by atomic mass is 35.5. The van der Waals surface area contributed by atoms with Crippen LogP contribution in [0.4, 0.5) is 5.69 Å². The highest BCUT2D eigenvalue weighted by Gasteiger charge is 2.71. The number of aliphatic hydroxyl groups excluding tert-OH is 1. The second-order valence-corrected chi connectivity index (χ2v) is 13.6. The van der Waals surface area contributed by atoms with E-state index in [0.29, 0.717) is 35.5 Å². The number of methoxy groups -OCH3 is 1. The number of allylic oxidation sites excluding steroid dienone is 1. The number of ether oxygens (including phenoxy) is 3. The summed E-state index contributed by atoms with van der Waals surface area (Å²) in [4.78, 5) is 60.2. The summed E-state index contributed by atoms with van der Waals surface area (Å²) in [5.41, 5.74) is -0.312. The molecule has 6 rings (SSSR count). The summed E-state index contributed by atoms with van der Waals surface area (Å²) < 4.78 is 18.6. The number of carbonyl (C=O) groups excluding carboxylic acids is 4. The Balaban J connectivity index is 1.42. The Morgan fingerprint density at radius 3 is 2.50 bits per heavy atom. The molecule has 12 heteroatoms. The zero-order chi connectivity index (χ0) is 35.3. The highest BCUT2D eigenvalue weighted by molar-refractivity contribution is 6.34. The number of hydrogen-bond donors (Lipinski definition) is 2. The Morgan fingerprint density at radius 1 is 0.980 bits per heavy atom. The molecule has 1 spiro atoms. The van der Waals surface area contributed by atoms with Crippen LogP contribution >= 0.6 is 11.6 Å². The van der Waals surface area contributed by atoms with Gasteiger partial charge in [0, 0.05) is 33.2 Å². The van der Waals surface area contributed by atoms with Gasteiger partial charge >= 0.3 is 5.97 Å². The van der Waals surface area contributed by atoms with Crippen LogP contribution in [0.2, 0.25) is 5.02 Å². The van der Waals surface area contributed by atoms with E-state index < -0.39 is 47.7 Å². The highest BCUT2D eigenvalue weighted by Crippen LogP contribution is 2.53. The third kappa shape index (κ3) is 6.96. The molecule has 2 saturated heterocycles. The molecule has 2 aromatic carbocycles. The molecule has 11 nitrogen and oxygen atoms in total. The van der Waals surface area contributed by atoms with Crippen molar-refractivity contribution in [3.05, 3.63) is 89.5 Å². The first kappa shape index (κ1) is 35.8. The van der Waals surface area contributed by atoms with Crippen molar-refractivity contribution in [2.75, 3.05) is 38.3 Å². The molecule has 0 bridgehead atoms. The number of benzene rings is 2. The molecule has 4 aliphatic rings. The number of esters is 1. The van der Waals surface area contributed by atoms with Gasteiger partial charge in [0.05, 0.1) is 35.4 Å². The monoisotopic (exact) mass is 705 g/mol. The van der Waals surface area contributed by atoms with E-state index >= 15 is 0 Å². The van der Waals surface area contributed by atoms with E-state index in [4.69, 9.17) is 25.8 Å². The van der Waals surface area contributed by atoms with Crippen LogP contribution in [0, 0.1) is 11.8 Å². The molecule has 2 fully saturated rings. The van der Waals surface area contributed by atoms with Crippen LogP contribution in [0.25, 0.3) is 0 Å². The molecule has 0 aliphatic carbocycles. The van der Waals surface area contributed by atoms with Crippen molar-refractivity contribution in [2.45, 2.75) is 68.4 Å². The Kier molecular flexibility index (Phi) is 11.4. The van der Waals surface area contributed by atoms with Crippen molar-refractivity contribution in [1.82, 2.24) is 10.2 Å². The number of carbonyl (C=O) groups is 4. The van der Waals surface area contributed by atoms with E-state index in [1.807, 2.05) is 30.3 Å². The van der Waals surface area contributed by atoms with Crippen LogP contribution in [-0.2, 0) is 33.4 Å². The predicted molar refractivity (Wildman–Crippen MR) is 186 cm³/mol. The molecule has 2 N–H and O–H groups in total. The lowest BCUT2D eigenvalue weighted by Gasteiger charge is -2.35. The number of para-hydroxylation sites is 1. The quantitative estimate of drug-likeness (QED) is 0.214. The second-order valence-electron chi connectivity index (χ2n) is 13.2. The number of rotatable bonds is 10. The minimum atomic E-state index is -1.48. The van der Waals surface area contributed by atoms with Gasteiger partial charge in [-0.1, -0.05) is 91.2 Å². The number of nitrogens with zero attached hydrogens (tertiary/aromatic N) is 2. The van der Waals surface area contributed by atoms with Crippen LogP contribution < -0.4 is 10.2 Å². The van der Waals surface area contributed by atoms with Crippen LogP contribution in [0.15, 0.2) is 78.9 Å². The lowest BCUT2D eigenvalue weighted by Crippen LogP contribution is -2.55. The molecule has 266 valence electrons. The van der Waals surface area contributed by atoms with Crippen molar-refractivity contribution in [2.24, 2.45) is 11.8 Å². The molecule has 0 unspecified atom stereocenters. The molecule has 3 amide bonds. The molecular formula is C38H44ClN3O8. The van der Waals surface area contributed by atoms with Crippen molar-refractivity contribution >= 4 is 41.0 Å². The number of nitrogens with one attached hydrogen (secondary N) is 1. The van der Waals surface area contributed by atoms with E-state index in [9.17, 15) is 24.3 Å². The maximum atomic E-state index is 14.7. The summed E-state index contributed by atoms with van der Waals surface area (Å²) >= 11 is 6.59. The molecule has 0 saturated carbocycles. The maximum absolute atomic E-state index is 14.7. The lowest BCUT2D eigenvalue weighted by molar-refractivity contribution is -0.162. The van der Waals surface area contributed by atoms with Gasteiger partial charge in [-0.15, -0.1) is 0 Å². The van der Waals surface area contributed by atoms with Gasteiger partial charge in [-0.3, -0.25) is 19.2 Å². The summed E-state index contributed by atoms with van der Waals surface area (Å²) in [5, 5.41) is 12.6. The molecular weight excluding hydrogens is 662 g/mol. The van der Waals surface area contributed by atoms with Crippen molar-refractivity contribution in [1.29, 1.82) is 0 Å². The van der Waals surface area contributed by atoms with E-state index in [-0.39, 0.29) is 50.4 Å². The van der Waals surface area contributed by atoms with Gasteiger partial charge in [-0.2, -0.15) is 0 Å². The van der Waals surface area contributed by atoms with Crippen LogP contribution in [0.1, 0.15) is 50.2 Å². The van der Waals surface area contributed by atoms with Crippen LogP contribution in [0.3, 0.4) is 0 Å². The average molecular weight is 706 g/mol. The first-order valence-electron chi connectivity index (χ1n) is 17.3. The number of amides is 3. The fraction of sp³-hybridized carbons (Fsp3) is 0.474. The number of anilines is 1. The van der Waals surface area contributed by atoms with Gasteiger partial charge in [-0.25, -0.2) is 0 Å². The van der Waals surface area contributed by atoms with E-state index in [1.165, 1.54) is 7.11 Å². The Hall–Kier alpha value is -4.03. The number of fused-ring (bicyclic) bond motifs is 2. The Labute approximate surface area is 297 Å². The maximum Gasteiger partial charge on any atom is 0.313 e. The van der Waals surface area contributed by atoms with Crippen molar-refractivity contribution < 1.29 is 38.5 Å². The molecule has 4 aliphatic heterocycles. The molecule has 0 aromatic heterocycles. The average Bonchev–Trinajstić information content (AvgIpc) is 3.49. The molecule has 2 aromatic rings. The summed E-state index contributed by atoms with van der Waals surface area (Å²) in [5.74, 6) is -3.77. The standard InChI is InChI=1S/C38H44ClN3O8/c1-48-24-27-33(25-14-5-4-6-15-25)49-37(47)31-29(18-9-10-19-30(44)40-27)50-38-20-13-22-41(28-17-8-7-16-26(28)39)36(46)34(38)42(35(45)32(31)38)21-11-2-3-12-23-43/h4-9,13-18,20,27,29,31-34,43H,2-3,10-12,19,21-24H2,1H3,(H,40,44)/b18-9-/t27-,29-,31+,32+,33-,34-,38+/m0/s1. The zero-order valence-corrected chi connectivity index (χ0v) is 28.9. The normalized spacial score (nSPS) is 30.4. The van der Waals surface area contributed by atoms with E-state index in [1.54, 1.807) is 58.4 Å². The SMILES string of the molecule is COC[C@@H]1NC(=O)CC/C=C\[C@@H]2O[C@@]34C=CCN(c5ccccc5Cl)C(=O)[C@@H]3N(CCCCCCO)C(=O)[C@H]4[C@@H]2C(=O)O[C@H]1c1ccccc1. The minimum Gasteiger partial charge on any atom is -0.455 e. The summed E-state index contributed by atoms with van der Waals surface area (Å²) in [6.07, 6.45) is 8.55. The Morgan fingerprint density at radius 2 is 1.74 bits per heavy atom. The zero-order valence-electron chi connectivity index (χ0n) is 28.1. The van der Waals surface area contributed by atoms with Crippen LogP contribution in [-0.4, -0.2) is 90.9 Å². The van der Waals surface area contributed by atoms with Gasteiger partial charge < -0.3 is 34.4 Å². The van der Waals surface area contributed by atoms with Gasteiger partial charge in [0.1, 0.15) is 23.7 Å². The number of cyclic esters (lactones) is 1. The molecule has 50 heavy (non-hydrogen) atoms. The summed E-state index contributed by atoms with van der Waals surface area (Å²) in [6, 6.07) is 14.4.